The van der Waals surface area contributed by atoms with Crippen LogP contribution in [0.5, 0.6) is 5.75 Å². The van der Waals surface area contributed by atoms with Gasteiger partial charge in [0.25, 0.3) is 0 Å². The lowest BCUT2D eigenvalue weighted by Gasteiger charge is -2.23. The Bertz CT molecular complexity index is 1160. The summed E-state index contributed by atoms with van der Waals surface area (Å²) in [7, 11) is 0. The highest BCUT2D eigenvalue weighted by Crippen LogP contribution is 2.11. The van der Waals surface area contributed by atoms with Gasteiger partial charge in [0.2, 0.25) is 29.5 Å². The number of benzene rings is 2. The van der Waals surface area contributed by atoms with Crippen molar-refractivity contribution in [3.8, 4) is 5.75 Å². The van der Waals surface area contributed by atoms with Gasteiger partial charge in [0.15, 0.2) is 0 Å². The van der Waals surface area contributed by atoms with Gasteiger partial charge in [-0.05, 0) is 42.0 Å². The molecule has 5 amide bonds. The Morgan fingerprint density at radius 2 is 1.35 bits per heavy atom. The van der Waals surface area contributed by atoms with Gasteiger partial charge in [0, 0.05) is 6.42 Å². The first kappa shape index (κ1) is 31.8. The molecule has 0 saturated carbocycles. The van der Waals surface area contributed by atoms with E-state index in [1.54, 1.807) is 36.4 Å². The molecule has 0 bridgehead atoms. The first-order valence-electron chi connectivity index (χ1n) is 13.0. The molecule has 0 radical (unpaired) electrons. The van der Waals surface area contributed by atoms with Gasteiger partial charge < -0.3 is 37.8 Å². The summed E-state index contributed by atoms with van der Waals surface area (Å²) in [6, 6.07) is 12.4. The van der Waals surface area contributed by atoms with Gasteiger partial charge in [0.1, 0.15) is 17.8 Å². The molecule has 0 fully saturated rings. The summed E-state index contributed by atoms with van der Waals surface area (Å²) in [5.74, 6) is -2.90. The Kier molecular flexibility index (Phi) is 12.6. The fraction of sp³-hybridized carbons (Fsp3) is 0.393. The predicted molar refractivity (Wildman–Crippen MR) is 148 cm³/mol. The van der Waals surface area contributed by atoms with Crippen molar-refractivity contribution in [2.75, 3.05) is 13.1 Å². The second-order valence-corrected chi connectivity index (χ2v) is 9.87. The molecule has 0 spiro atoms. The normalized spacial score (nSPS) is 13.0. The zero-order valence-electron chi connectivity index (χ0n) is 22.7. The van der Waals surface area contributed by atoms with E-state index in [0.29, 0.717) is 6.42 Å². The van der Waals surface area contributed by atoms with Crippen LogP contribution < -0.4 is 32.7 Å². The lowest BCUT2D eigenvalue weighted by molar-refractivity contribution is -0.132. The topological polar surface area (TPSA) is 206 Å². The van der Waals surface area contributed by atoms with Crippen LogP contribution in [0.3, 0.4) is 0 Å². The van der Waals surface area contributed by atoms with Gasteiger partial charge in [-0.1, -0.05) is 56.3 Å². The van der Waals surface area contributed by atoms with E-state index in [-0.39, 0.29) is 24.5 Å². The number of carbonyl (C=O) groups excluding carboxylic acids is 5. The third-order valence-corrected chi connectivity index (χ3v) is 5.90. The van der Waals surface area contributed by atoms with E-state index in [9.17, 15) is 29.1 Å². The molecule has 0 aromatic heterocycles. The molecule has 0 aliphatic carbocycles. The molecule has 2 aromatic carbocycles. The molecule has 12 nitrogen and oxygen atoms in total. The molecular formula is C28H38N6O6. The molecule has 12 heteroatoms. The minimum atomic E-state index is -1.03. The minimum Gasteiger partial charge on any atom is -0.508 e. The molecule has 9 N–H and O–H groups in total. The summed E-state index contributed by atoms with van der Waals surface area (Å²) in [6.07, 6.45) is 0.691. The maximum Gasteiger partial charge on any atom is 0.243 e. The summed E-state index contributed by atoms with van der Waals surface area (Å²) in [6.45, 7) is 2.93. The van der Waals surface area contributed by atoms with Crippen molar-refractivity contribution < 1.29 is 29.1 Å². The van der Waals surface area contributed by atoms with Crippen LogP contribution in [0.25, 0.3) is 0 Å². The summed E-state index contributed by atoms with van der Waals surface area (Å²) in [5.41, 5.74) is 12.8. The van der Waals surface area contributed by atoms with Crippen molar-refractivity contribution in [1.82, 2.24) is 21.3 Å². The summed E-state index contributed by atoms with van der Waals surface area (Å²) in [4.78, 5) is 61.9. The first-order chi connectivity index (χ1) is 18.9. The number of phenols is 1. The number of hydrogen-bond acceptors (Lipinski definition) is 7. The highest BCUT2D eigenvalue weighted by molar-refractivity contribution is 5.93. The Morgan fingerprint density at radius 3 is 1.95 bits per heavy atom. The summed E-state index contributed by atoms with van der Waals surface area (Å²) < 4.78 is 0. The van der Waals surface area contributed by atoms with Crippen LogP contribution in [0, 0.1) is 5.92 Å². The van der Waals surface area contributed by atoms with Crippen LogP contribution in [0.2, 0.25) is 0 Å². The van der Waals surface area contributed by atoms with Crippen molar-refractivity contribution in [3.63, 3.8) is 0 Å². The predicted octanol–water partition coefficient (Wildman–Crippen LogP) is -0.762. The highest BCUT2D eigenvalue weighted by Gasteiger charge is 2.26. The largest absolute Gasteiger partial charge is 0.508 e. The lowest BCUT2D eigenvalue weighted by Crippen LogP contribution is -2.55. The zero-order chi connectivity index (χ0) is 29.7. The smallest absolute Gasteiger partial charge is 0.243 e. The van der Waals surface area contributed by atoms with Crippen LogP contribution >= 0.6 is 0 Å². The lowest BCUT2D eigenvalue weighted by atomic mass is 10.0. The van der Waals surface area contributed by atoms with E-state index in [1.165, 1.54) is 12.1 Å². The van der Waals surface area contributed by atoms with Gasteiger partial charge in [-0.3, -0.25) is 24.0 Å². The van der Waals surface area contributed by atoms with E-state index in [1.807, 2.05) is 19.9 Å². The fourth-order valence-electron chi connectivity index (χ4n) is 3.81. The van der Waals surface area contributed by atoms with E-state index in [4.69, 9.17) is 11.5 Å². The molecule has 0 saturated heterocycles. The molecule has 3 atom stereocenters. The number of aromatic hydroxyl groups is 1. The number of primary amides is 1. The molecule has 216 valence electrons. The van der Waals surface area contributed by atoms with Crippen LogP contribution in [-0.2, 0) is 36.8 Å². The van der Waals surface area contributed by atoms with Crippen LogP contribution in [0.1, 0.15) is 31.4 Å². The Morgan fingerprint density at radius 1 is 0.750 bits per heavy atom. The van der Waals surface area contributed by atoms with Gasteiger partial charge >= 0.3 is 0 Å². The molecule has 0 aliphatic heterocycles. The standard InChI is InChI=1S/C28H38N6O6/c1-17(2)12-22(26(30)38)34-28(40)23(14-18-6-4-3-5-7-18)33-25(37)16-31-24(36)15-32-27(39)21(29)13-19-8-10-20(35)11-9-19/h3-11,17,21-23,35H,12-16,29H2,1-2H3,(H2,30,38)(H,31,36)(H,32,39)(H,33,37)(H,34,40)/t21-,22-,23+/m0/s1. The van der Waals surface area contributed by atoms with Crippen molar-refractivity contribution in [2.45, 2.75) is 51.2 Å². The first-order valence-corrected chi connectivity index (χ1v) is 13.0. The van der Waals surface area contributed by atoms with Crippen LogP contribution in [-0.4, -0.2) is 65.9 Å². The monoisotopic (exact) mass is 554 g/mol. The van der Waals surface area contributed by atoms with Crippen molar-refractivity contribution >= 4 is 29.5 Å². The van der Waals surface area contributed by atoms with Gasteiger partial charge in [0.05, 0.1) is 19.1 Å². The fourth-order valence-corrected chi connectivity index (χ4v) is 3.81. The van der Waals surface area contributed by atoms with Gasteiger partial charge in [-0.15, -0.1) is 0 Å². The summed E-state index contributed by atoms with van der Waals surface area (Å²) in [5, 5.41) is 19.3. The number of nitrogens with one attached hydrogen (secondary N) is 4. The average molecular weight is 555 g/mol. The van der Waals surface area contributed by atoms with Crippen molar-refractivity contribution in [3.05, 3.63) is 65.7 Å². The Balaban J connectivity index is 1.88. The summed E-state index contributed by atoms with van der Waals surface area (Å²) >= 11 is 0. The number of nitrogens with two attached hydrogens (primary N) is 2. The molecular weight excluding hydrogens is 516 g/mol. The van der Waals surface area contributed by atoms with E-state index in [2.05, 4.69) is 21.3 Å². The number of phenolic OH excluding ortho intramolecular Hbond substituents is 1. The van der Waals surface area contributed by atoms with Crippen molar-refractivity contribution in [1.29, 1.82) is 0 Å². The van der Waals surface area contributed by atoms with E-state index in [0.717, 1.165) is 11.1 Å². The third-order valence-electron chi connectivity index (χ3n) is 5.90. The third kappa shape index (κ3) is 11.5. The molecule has 2 rings (SSSR count). The Hall–Kier alpha value is -4.45. The maximum atomic E-state index is 13.0. The highest BCUT2D eigenvalue weighted by atomic mass is 16.3. The number of hydrogen-bond donors (Lipinski definition) is 7. The quantitative estimate of drug-likeness (QED) is 0.150. The van der Waals surface area contributed by atoms with Crippen molar-refractivity contribution in [2.24, 2.45) is 17.4 Å². The molecule has 2 aromatic rings. The zero-order valence-corrected chi connectivity index (χ0v) is 22.7. The maximum absolute atomic E-state index is 13.0. The SMILES string of the molecule is CC(C)C[C@H](NC(=O)[C@@H](Cc1ccccc1)NC(=O)CNC(=O)CNC(=O)[C@@H](N)Cc1ccc(O)cc1)C(N)=O. The van der Waals surface area contributed by atoms with E-state index < -0.39 is 60.8 Å². The number of rotatable bonds is 15. The van der Waals surface area contributed by atoms with Crippen LogP contribution in [0.4, 0.5) is 0 Å². The van der Waals surface area contributed by atoms with Gasteiger partial charge in [-0.2, -0.15) is 0 Å². The molecule has 40 heavy (non-hydrogen) atoms. The number of carbonyl (C=O) groups is 5. The molecule has 0 unspecified atom stereocenters. The molecule has 0 heterocycles. The average Bonchev–Trinajstić information content (AvgIpc) is 2.91. The van der Waals surface area contributed by atoms with E-state index >= 15 is 0 Å². The van der Waals surface area contributed by atoms with Gasteiger partial charge in [-0.25, -0.2) is 0 Å². The second-order valence-electron chi connectivity index (χ2n) is 9.87. The second kappa shape index (κ2) is 15.8. The molecule has 0 aliphatic rings. The Labute approximate surface area is 233 Å². The number of amides is 5. The van der Waals surface area contributed by atoms with Crippen LogP contribution in [0.15, 0.2) is 54.6 Å². The minimum absolute atomic E-state index is 0.0930.